The number of hydrogen-bond acceptors (Lipinski definition) is 5. The van der Waals surface area contributed by atoms with Gasteiger partial charge in [-0.15, -0.1) is 6.58 Å². The second-order valence-electron chi connectivity index (χ2n) is 8.87. The highest BCUT2D eigenvalue weighted by Gasteiger charge is 2.40. The molecule has 1 heterocycles. The van der Waals surface area contributed by atoms with Crippen LogP contribution in [0.25, 0.3) is 6.08 Å². The Morgan fingerprint density at radius 1 is 1.11 bits per heavy atom. The van der Waals surface area contributed by atoms with Crippen molar-refractivity contribution in [2.75, 3.05) is 7.11 Å². The number of hydrogen-bond donors (Lipinski definition) is 1. The van der Waals surface area contributed by atoms with E-state index >= 15 is 0 Å². The molecule has 2 fully saturated rings. The highest BCUT2D eigenvalue weighted by Crippen LogP contribution is 2.36. The number of ether oxygens (including phenoxy) is 2. The number of nitrogens with one attached hydrogen (secondary N) is 1. The Balaban J connectivity index is 1.66. The lowest BCUT2D eigenvalue weighted by Gasteiger charge is -2.35. The minimum Gasteiger partial charge on any atom is -0.493 e. The molecule has 1 aliphatic carbocycles. The number of methoxy groups -OCH3 is 1. The Morgan fingerprint density at radius 3 is 2.56 bits per heavy atom. The van der Waals surface area contributed by atoms with E-state index in [0.29, 0.717) is 28.5 Å². The summed E-state index contributed by atoms with van der Waals surface area (Å²) in [5, 5.41) is 2.92. The molecule has 1 saturated heterocycles. The second kappa shape index (κ2) is 11.4. The molecule has 0 atom stereocenters. The van der Waals surface area contributed by atoms with Gasteiger partial charge in [-0.1, -0.05) is 55.1 Å². The predicted molar refractivity (Wildman–Crippen MR) is 138 cm³/mol. The lowest BCUT2D eigenvalue weighted by molar-refractivity contribution is -0.132. The van der Waals surface area contributed by atoms with E-state index in [9.17, 15) is 14.4 Å². The van der Waals surface area contributed by atoms with E-state index in [1.807, 2.05) is 24.3 Å². The first kappa shape index (κ1) is 25.5. The van der Waals surface area contributed by atoms with E-state index in [2.05, 4.69) is 11.9 Å². The van der Waals surface area contributed by atoms with Crippen LogP contribution < -0.4 is 14.8 Å². The topological polar surface area (TPSA) is 84.9 Å². The minimum atomic E-state index is -0.708. The summed E-state index contributed by atoms with van der Waals surface area (Å²) in [5.74, 6) is -0.311. The SMILES string of the molecule is C=CCc1cc(C=C2C(=O)NC(=O)N(C3CCCCC3)C2=O)cc(OC)c1OCc1ccccc1Cl. The number of halogens is 1. The molecular formula is C28H29ClN2O5. The summed E-state index contributed by atoms with van der Waals surface area (Å²) in [7, 11) is 1.52. The molecule has 1 N–H and O–H groups in total. The summed E-state index contributed by atoms with van der Waals surface area (Å²) in [4.78, 5) is 39.6. The van der Waals surface area contributed by atoms with Crippen molar-refractivity contribution < 1.29 is 23.9 Å². The highest BCUT2D eigenvalue weighted by atomic mass is 35.5. The standard InChI is InChI=1S/C28H29ClN2O5/c1-3-9-19-14-18(16-24(35-2)25(19)36-17-20-10-7-8-13-23(20)29)15-22-26(32)30-28(34)31(27(22)33)21-11-5-4-6-12-21/h3,7-8,10,13-16,21H,1,4-6,9,11-12,17H2,2H3,(H,30,32,34). The third-order valence-electron chi connectivity index (χ3n) is 6.45. The van der Waals surface area contributed by atoms with E-state index < -0.39 is 17.8 Å². The number of imide groups is 2. The molecule has 2 aliphatic rings. The minimum absolute atomic E-state index is 0.0866. The van der Waals surface area contributed by atoms with Crippen molar-refractivity contribution in [3.8, 4) is 11.5 Å². The van der Waals surface area contributed by atoms with Crippen LogP contribution in [0.1, 0.15) is 48.8 Å². The zero-order valence-electron chi connectivity index (χ0n) is 20.2. The average molecular weight is 509 g/mol. The fourth-order valence-corrected chi connectivity index (χ4v) is 4.85. The number of rotatable bonds is 8. The van der Waals surface area contributed by atoms with Crippen LogP contribution in [0.4, 0.5) is 4.79 Å². The summed E-state index contributed by atoms with van der Waals surface area (Å²) in [6.07, 6.45) is 8.17. The Kier molecular flexibility index (Phi) is 8.10. The Labute approximate surface area is 215 Å². The normalized spacial score (nSPS) is 17.8. The van der Waals surface area contributed by atoms with Crippen molar-refractivity contribution in [3.05, 3.63) is 76.3 Å². The van der Waals surface area contributed by atoms with Crippen molar-refractivity contribution in [1.29, 1.82) is 0 Å². The van der Waals surface area contributed by atoms with Crippen LogP contribution in [0, 0.1) is 0 Å². The number of barbiturate groups is 1. The molecule has 0 bridgehead atoms. The Bertz CT molecular complexity index is 1220. The van der Waals surface area contributed by atoms with Crippen LogP contribution in [0.15, 0.2) is 54.6 Å². The third-order valence-corrected chi connectivity index (χ3v) is 6.82. The Morgan fingerprint density at radius 2 is 1.86 bits per heavy atom. The van der Waals surface area contributed by atoms with Gasteiger partial charge in [0.2, 0.25) is 0 Å². The number of carbonyl (C=O) groups is 3. The predicted octanol–water partition coefficient (Wildman–Crippen LogP) is 5.45. The maximum Gasteiger partial charge on any atom is 0.331 e. The van der Waals surface area contributed by atoms with Gasteiger partial charge in [-0.3, -0.25) is 19.8 Å². The zero-order valence-corrected chi connectivity index (χ0v) is 21.0. The molecule has 0 aromatic heterocycles. The maximum absolute atomic E-state index is 13.3. The van der Waals surface area contributed by atoms with Crippen LogP contribution in [0.5, 0.6) is 11.5 Å². The lowest BCUT2D eigenvalue weighted by atomic mass is 9.93. The van der Waals surface area contributed by atoms with E-state index in [0.717, 1.165) is 43.2 Å². The number of urea groups is 1. The molecule has 8 heteroatoms. The fraction of sp³-hybridized carbons (Fsp3) is 0.321. The van der Waals surface area contributed by atoms with Gasteiger partial charge in [0.15, 0.2) is 11.5 Å². The number of nitrogens with zero attached hydrogens (tertiary/aromatic N) is 1. The molecule has 0 spiro atoms. The summed E-state index contributed by atoms with van der Waals surface area (Å²) < 4.78 is 11.7. The maximum atomic E-state index is 13.3. The molecule has 1 saturated carbocycles. The molecular weight excluding hydrogens is 480 g/mol. The van der Waals surface area contributed by atoms with Gasteiger partial charge in [0.25, 0.3) is 11.8 Å². The fourth-order valence-electron chi connectivity index (χ4n) is 4.66. The number of amides is 4. The number of allylic oxidation sites excluding steroid dienone is 1. The molecule has 188 valence electrons. The van der Waals surface area contributed by atoms with E-state index in [-0.39, 0.29) is 18.2 Å². The van der Waals surface area contributed by atoms with Crippen molar-refractivity contribution in [2.24, 2.45) is 0 Å². The quantitative estimate of drug-likeness (QED) is 0.291. The summed E-state index contributed by atoms with van der Waals surface area (Å²) in [6.45, 7) is 4.07. The first-order chi connectivity index (χ1) is 17.4. The molecule has 7 nitrogen and oxygen atoms in total. The summed E-state index contributed by atoms with van der Waals surface area (Å²) in [5.41, 5.74) is 2.09. The van der Waals surface area contributed by atoms with Gasteiger partial charge in [-0.25, -0.2) is 4.79 Å². The van der Waals surface area contributed by atoms with Crippen molar-refractivity contribution >= 4 is 35.5 Å². The average Bonchev–Trinajstić information content (AvgIpc) is 2.87. The lowest BCUT2D eigenvalue weighted by Crippen LogP contribution is -2.58. The third kappa shape index (κ3) is 5.46. The van der Waals surface area contributed by atoms with Crippen molar-refractivity contribution in [3.63, 3.8) is 0 Å². The molecule has 2 aromatic rings. The van der Waals surface area contributed by atoms with Gasteiger partial charge in [0.05, 0.1) is 7.11 Å². The van der Waals surface area contributed by atoms with Crippen LogP contribution in [0.2, 0.25) is 5.02 Å². The largest absolute Gasteiger partial charge is 0.493 e. The van der Waals surface area contributed by atoms with Crippen LogP contribution in [-0.2, 0) is 22.6 Å². The molecule has 1 aliphatic heterocycles. The highest BCUT2D eigenvalue weighted by molar-refractivity contribution is 6.31. The van der Waals surface area contributed by atoms with Gasteiger partial charge < -0.3 is 9.47 Å². The second-order valence-corrected chi connectivity index (χ2v) is 9.28. The number of benzene rings is 2. The van der Waals surface area contributed by atoms with E-state index in [4.69, 9.17) is 21.1 Å². The first-order valence-corrected chi connectivity index (χ1v) is 12.4. The van der Waals surface area contributed by atoms with Gasteiger partial charge in [-0.2, -0.15) is 0 Å². The van der Waals surface area contributed by atoms with Crippen LogP contribution >= 0.6 is 11.6 Å². The molecule has 2 aromatic carbocycles. The van der Waals surface area contributed by atoms with Crippen molar-refractivity contribution in [2.45, 2.75) is 51.2 Å². The van der Waals surface area contributed by atoms with E-state index in [1.54, 1.807) is 18.2 Å². The van der Waals surface area contributed by atoms with Gasteiger partial charge in [0.1, 0.15) is 12.2 Å². The summed E-state index contributed by atoms with van der Waals surface area (Å²) >= 11 is 6.27. The first-order valence-electron chi connectivity index (χ1n) is 12.0. The smallest absolute Gasteiger partial charge is 0.331 e. The molecule has 4 amide bonds. The van der Waals surface area contributed by atoms with Crippen LogP contribution in [0.3, 0.4) is 0 Å². The van der Waals surface area contributed by atoms with Gasteiger partial charge >= 0.3 is 6.03 Å². The van der Waals surface area contributed by atoms with Crippen molar-refractivity contribution in [1.82, 2.24) is 10.2 Å². The van der Waals surface area contributed by atoms with Gasteiger partial charge in [0, 0.05) is 22.2 Å². The Hall–Kier alpha value is -3.58. The molecule has 0 unspecified atom stereocenters. The number of carbonyl (C=O) groups excluding carboxylic acids is 3. The monoisotopic (exact) mass is 508 g/mol. The summed E-state index contributed by atoms with van der Waals surface area (Å²) in [6, 6.07) is 10.1. The van der Waals surface area contributed by atoms with E-state index in [1.165, 1.54) is 18.1 Å². The molecule has 36 heavy (non-hydrogen) atoms. The van der Waals surface area contributed by atoms with Gasteiger partial charge in [-0.05, 0) is 49.1 Å². The zero-order chi connectivity index (χ0) is 25.7. The van der Waals surface area contributed by atoms with Crippen LogP contribution in [-0.4, -0.2) is 35.9 Å². The molecule has 4 rings (SSSR count). The molecule has 0 radical (unpaired) electrons.